The fourth-order valence-corrected chi connectivity index (χ4v) is 2.01. The lowest BCUT2D eigenvalue weighted by Crippen LogP contribution is -1.89. The van der Waals surface area contributed by atoms with Crippen molar-refractivity contribution in [3.63, 3.8) is 0 Å². The topological polar surface area (TPSA) is 38.9 Å². The van der Waals surface area contributed by atoms with Gasteiger partial charge in [-0.2, -0.15) is 0 Å². The molecule has 0 bridgehead atoms. The summed E-state index contributed by atoms with van der Waals surface area (Å²) in [7, 11) is 0. The van der Waals surface area contributed by atoms with Crippen LogP contribution in [0.15, 0.2) is 28.9 Å². The number of aromatic nitrogens is 1. The summed E-state index contributed by atoms with van der Waals surface area (Å²) in [6.45, 7) is 0. The summed E-state index contributed by atoms with van der Waals surface area (Å²) in [4.78, 5) is 4.04. The molecule has 2 nitrogen and oxygen atoms in total. The van der Waals surface area contributed by atoms with Crippen LogP contribution in [0.1, 0.15) is 0 Å². The van der Waals surface area contributed by atoms with Crippen LogP contribution in [0.25, 0.3) is 10.8 Å². The minimum atomic E-state index is 0.556. The molecule has 1 aromatic carbocycles. The highest BCUT2D eigenvalue weighted by molar-refractivity contribution is 14.1. The highest BCUT2D eigenvalue weighted by Gasteiger charge is 2.00. The summed E-state index contributed by atoms with van der Waals surface area (Å²) < 4.78 is 2.27. The predicted octanol–water partition coefficient (Wildman–Crippen LogP) is 3.18. The molecule has 0 fully saturated rings. The molecule has 0 atom stereocenters. The fraction of sp³-hybridized carbons (Fsp3) is 0. The van der Waals surface area contributed by atoms with Gasteiger partial charge in [0.1, 0.15) is 5.82 Å². The van der Waals surface area contributed by atoms with Gasteiger partial charge in [-0.05, 0) is 62.1 Å². The zero-order chi connectivity index (χ0) is 9.42. The maximum Gasteiger partial charge on any atom is 0.123 e. The third-order valence-electron chi connectivity index (χ3n) is 1.78. The number of hydrogen-bond donors (Lipinski definition) is 1. The quantitative estimate of drug-likeness (QED) is 0.742. The molecule has 1 heterocycles. The third-order valence-corrected chi connectivity index (χ3v) is 4.07. The Bertz CT molecular complexity index is 470. The summed E-state index contributed by atoms with van der Waals surface area (Å²) in [5, 5.41) is 2.22. The Morgan fingerprint density at radius 2 is 2.00 bits per heavy atom. The van der Waals surface area contributed by atoms with Crippen LogP contribution < -0.4 is 5.73 Å². The summed E-state index contributed by atoms with van der Waals surface area (Å²) in [6, 6.07) is 6.00. The van der Waals surface area contributed by atoms with E-state index in [4.69, 9.17) is 5.73 Å². The average molecular weight is 349 g/mol. The van der Waals surface area contributed by atoms with Crippen molar-refractivity contribution >= 4 is 55.1 Å². The second-order valence-electron chi connectivity index (χ2n) is 2.72. The number of nitrogen functional groups attached to an aromatic ring is 1. The molecule has 13 heavy (non-hydrogen) atoms. The molecule has 0 aliphatic carbocycles. The van der Waals surface area contributed by atoms with Crippen LogP contribution in [0.4, 0.5) is 5.82 Å². The van der Waals surface area contributed by atoms with Gasteiger partial charge >= 0.3 is 0 Å². The smallest absolute Gasteiger partial charge is 0.123 e. The number of hydrogen-bond acceptors (Lipinski definition) is 2. The highest BCUT2D eigenvalue weighted by atomic mass is 127. The van der Waals surface area contributed by atoms with Gasteiger partial charge in [0.15, 0.2) is 0 Å². The van der Waals surface area contributed by atoms with Gasteiger partial charge in [-0.25, -0.2) is 4.98 Å². The summed E-state index contributed by atoms with van der Waals surface area (Å²) in [6.07, 6.45) is 1.79. The maximum atomic E-state index is 5.58. The Labute approximate surface area is 97.8 Å². The second kappa shape index (κ2) is 3.42. The maximum absolute atomic E-state index is 5.58. The van der Waals surface area contributed by atoms with Crippen molar-refractivity contribution in [1.82, 2.24) is 4.98 Å². The molecule has 0 unspecified atom stereocenters. The lowest BCUT2D eigenvalue weighted by Gasteiger charge is -2.01. The van der Waals surface area contributed by atoms with Crippen LogP contribution in [0.3, 0.4) is 0 Å². The van der Waals surface area contributed by atoms with Crippen molar-refractivity contribution in [1.29, 1.82) is 0 Å². The number of pyridine rings is 1. The van der Waals surface area contributed by atoms with E-state index in [-0.39, 0.29) is 0 Å². The first-order valence-electron chi connectivity index (χ1n) is 3.67. The van der Waals surface area contributed by atoms with E-state index in [2.05, 4.69) is 55.6 Å². The van der Waals surface area contributed by atoms with E-state index in [0.29, 0.717) is 5.82 Å². The molecule has 0 spiro atoms. The summed E-state index contributed by atoms with van der Waals surface area (Å²) >= 11 is 5.75. The van der Waals surface area contributed by atoms with Gasteiger partial charge in [-0.15, -0.1) is 0 Å². The molecule has 0 aliphatic heterocycles. The van der Waals surface area contributed by atoms with E-state index in [1.165, 1.54) is 3.57 Å². The summed E-state index contributed by atoms with van der Waals surface area (Å²) in [5.41, 5.74) is 5.58. The lowest BCUT2D eigenvalue weighted by molar-refractivity contribution is 1.37. The van der Waals surface area contributed by atoms with Crippen LogP contribution in [0, 0.1) is 3.57 Å². The van der Waals surface area contributed by atoms with E-state index < -0.39 is 0 Å². The number of anilines is 1. The molecular formula is C9H6BrIN2. The molecule has 2 N–H and O–H groups in total. The monoisotopic (exact) mass is 348 g/mol. The SMILES string of the molecule is Nc1cc2cc(Br)c(I)cc2cn1. The van der Waals surface area contributed by atoms with Gasteiger partial charge in [0, 0.05) is 19.6 Å². The number of fused-ring (bicyclic) bond motifs is 1. The van der Waals surface area contributed by atoms with E-state index in [0.717, 1.165) is 15.2 Å². The third kappa shape index (κ3) is 1.78. The Hall–Kier alpha value is -0.360. The number of nitrogens with two attached hydrogens (primary N) is 1. The van der Waals surface area contributed by atoms with Gasteiger partial charge in [-0.3, -0.25) is 0 Å². The van der Waals surface area contributed by atoms with Gasteiger partial charge in [-0.1, -0.05) is 0 Å². The van der Waals surface area contributed by atoms with Crippen molar-refractivity contribution in [2.24, 2.45) is 0 Å². The molecule has 2 aromatic rings. The van der Waals surface area contributed by atoms with Crippen molar-refractivity contribution in [2.45, 2.75) is 0 Å². The van der Waals surface area contributed by atoms with E-state index >= 15 is 0 Å². The lowest BCUT2D eigenvalue weighted by atomic mass is 10.2. The molecule has 0 radical (unpaired) electrons. The Balaban J connectivity index is 2.81. The zero-order valence-corrected chi connectivity index (χ0v) is 10.3. The minimum absolute atomic E-state index is 0.556. The second-order valence-corrected chi connectivity index (χ2v) is 4.74. The number of rotatable bonds is 0. The molecule has 4 heteroatoms. The van der Waals surface area contributed by atoms with Gasteiger partial charge < -0.3 is 5.73 Å². The largest absolute Gasteiger partial charge is 0.384 e. The Kier molecular flexibility index (Phi) is 2.42. The standard InChI is InChI=1S/C9H6BrIN2/c10-7-1-5-3-9(12)13-4-6(5)2-8(7)11/h1-4H,(H2,12,13). The highest BCUT2D eigenvalue weighted by Crippen LogP contribution is 2.25. The van der Waals surface area contributed by atoms with Crippen molar-refractivity contribution in [2.75, 3.05) is 5.73 Å². The first-order chi connectivity index (χ1) is 6.16. The molecule has 0 saturated carbocycles. The Morgan fingerprint density at radius 3 is 2.77 bits per heavy atom. The number of benzene rings is 1. The van der Waals surface area contributed by atoms with Crippen molar-refractivity contribution in [3.05, 3.63) is 32.4 Å². The molecule has 0 saturated heterocycles. The van der Waals surface area contributed by atoms with Crippen LogP contribution in [0.2, 0.25) is 0 Å². The Morgan fingerprint density at radius 1 is 1.23 bits per heavy atom. The molecule has 2 rings (SSSR count). The van der Waals surface area contributed by atoms with Crippen molar-refractivity contribution in [3.8, 4) is 0 Å². The molecule has 0 amide bonds. The van der Waals surface area contributed by atoms with Gasteiger partial charge in [0.25, 0.3) is 0 Å². The van der Waals surface area contributed by atoms with Crippen LogP contribution in [-0.4, -0.2) is 4.98 Å². The first-order valence-corrected chi connectivity index (χ1v) is 5.54. The first kappa shape index (κ1) is 9.21. The normalized spacial score (nSPS) is 10.6. The van der Waals surface area contributed by atoms with Gasteiger partial charge in [0.05, 0.1) is 0 Å². The zero-order valence-electron chi connectivity index (χ0n) is 6.59. The fourth-order valence-electron chi connectivity index (χ4n) is 1.16. The van der Waals surface area contributed by atoms with Crippen LogP contribution in [0.5, 0.6) is 0 Å². The average Bonchev–Trinajstić information content (AvgIpc) is 2.08. The summed E-state index contributed by atoms with van der Waals surface area (Å²) in [5.74, 6) is 0.556. The van der Waals surface area contributed by atoms with Crippen LogP contribution >= 0.6 is 38.5 Å². The molecule has 0 aliphatic rings. The minimum Gasteiger partial charge on any atom is -0.384 e. The van der Waals surface area contributed by atoms with E-state index in [1.807, 2.05) is 6.07 Å². The van der Waals surface area contributed by atoms with Crippen LogP contribution in [-0.2, 0) is 0 Å². The van der Waals surface area contributed by atoms with E-state index in [9.17, 15) is 0 Å². The van der Waals surface area contributed by atoms with Crippen molar-refractivity contribution < 1.29 is 0 Å². The molecular weight excluding hydrogens is 343 g/mol. The number of nitrogens with zero attached hydrogens (tertiary/aromatic N) is 1. The van der Waals surface area contributed by atoms with E-state index in [1.54, 1.807) is 6.20 Å². The molecule has 1 aromatic heterocycles. The predicted molar refractivity (Wildman–Crippen MR) is 66.6 cm³/mol. The molecule has 66 valence electrons. The number of halogens is 2. The van der Waals surface area contributed by atoms with Gasteiger partial charge in [0.2, 0.25) is 0 Å².